The standard InChI is InChI=1S/C18H27N3O2/c1-20(18(22)19-16-4-2-3-5-16)14-15-6-8-17(9-7-15)21-10-12-23-13-11-21/h6-9,16H,2-5,10-14H2,1H3,(H,19,22). The monoisotopic (exact) mass is 317 g/mol. The molecule has 1 aromatic rings. The van der Waals surface area contributed by atoms with Crippen LogP contribution in [0.15, 0.2) is 24.3 Å². The van der Waals surface area contributed by atoms with Gasteiger partial charge in [0.2, 0.25) is 0 Å². The zero-order valence-corrected chi connectivity index (χ0v) is 14.0. The SMILES string of the molecule is CN(Cc1ccc(N2CCOCC2)cc1)C(=O)NC1CCCC1. The summed E-state index contributed by atoms with van der Waals surface area (Å²) in [7, 11) is 1.86. The van der Waals surface area contributed by atoms with Crippen molar-refractivity contribution < 1.29 is 9.53 Å². The Hall–Kier alpha value is -1.75. The largest absolute Gasteiger partial charge is 0.378 e. The van der Waals surface area contributed by atoms with Gasteiger partial charge in [0.15, 0.2) is 0 Å². The van der Waals surface area contributed by atoms with Gasteiger partial charge < -0.3 is 19.9 Å². The molecule has 0 unspecified atom stereocenters. The fourth-order valence-electron chi connectivity index (χ4n) is 3.33. The van der Waals surface area contributed by atoms with Crippen molar-refractivity contribution in [2.75, 3.05) is 38.3 Å². The van der Waals surface area contributed by atoms with Crippen molar-refractivity contribution >= 4 is 11.7 Å². The number of hydrogen-bond acceptors (Lipinski definition) is 3. The first-order valence-electron chi connectivity index (χ1n) is 8.65. The molecule has 126 valence electrons. The summed E-state index contributed by atoms with van der Waals surface area (Å²) in [6.07, 6.45) is 4.71. The molecular weight excluding hydrogens is 290 g/mol. The van der Waals surface area contributed by atoms with E-state index in [1.54, 1.807) is 4.90 Å². The number of urea groups is 1. The number of morpholine rings is 1. The molecular formula is C18H27N3O2. The van der Waals surface area contributed by atoms with Gasteiger partial charge >= 0.3 is 6.03 Å². The fraction of sp³-hybridized carbons (Fsp3) is 0.611. The van der Waals surface area contributed by atoms with E-state index in [2.05, 4.69) is 34.5 Å². The number of hydrogen-bond donors (Lipinski definition) is 1. The second-order valence-corrected chi connectivity index (χ2v) is 6.55. The summed E-state index contributed by atoms with van der Waals surface area (Å²) in [5, 5.41) is 3.13. The van der Waals surface area contributed by atoms with Crippen LogP contribution in [0.2, 0.25) is 0 Å². The van der Waals surface area contributed by atoms with Crippen LogP contribution in [-0.2, 0) is 11.3 Å². The molecule has 5 heteroatoms. The quantitative estimate of drug-likeness (QED) is 0.928. The van der Waals surface area contributed by atoms with E-state index in [0.717, 1.165) is 44.7 Å². The predicted molar refractivity (Wildman–Crippen MR) is 91.7 cm³/mol. The van der Waals surface area contributed by atoms with Gasteiger partial charge in [0.05, 0.1) is 13.2 Å². The van der Waals surface area contributed by atoms with Crippen molar-refractivity contribution in [2.24, 2.45) is 0 Å². The van der Waals surface area contributed by atoms with E-state index in [1.165, 1.54) is 18.5 Å². The first-order valence-corrected chi connectivity index (χ1v) is 8.65. The van der Waals surface area contributed by atoms with Gasteiger partial charge in [-0.25, -0.2) is 4.79 Å². The summed E-state index contributed by atoms with van der Waals surface area (Å²) in [5.74, 6) is 0. The van der Waals surface area contributed by atoms with Gasteiger partial charge in [-0.1, -0.05) is 25.0 Å². The van der Waals surface area contributed by atoms with Gasteiger partial charge in [0, 0.05) is 38.4 Å². The number of ether oxygens (including phenoxy) is 1. The van der Waals surface area contributed by atoms with Crippen molar-refractivity contribution in [1.82, 2.24) is 10.2 Å². The maximum atomic E-state index is 12.2. The second kappa shape index (κ2) is 7.68. The van der Waals surface area contributed by atoms with Crippen molar-refractivity contribution in [1.29, 1.82) is 0 Å². The van der Waals surface area contributed by atoms with Gasteiger partial charge in [0.1, 0.15) is 0 Å². The summed E-state index contributed by atoms with van der Waals surface area (Å²) >= 11 is 0. The zero-order valence-electron chi connectivity index (χ0n) is 14.0. The molecule has 1 saturated heterocycles. The molecule has 1 heterocycles. The van der Waals surface area contributed by atoms with Crippen LogP contribution in [0, 0.1) is 0 Å². The molecule has 1 aliphatic heterocycles. The molecule has 2 fully saturated rings. The van der Waals surface area contributed by atoms with Gasteiger partial charge in [-0.2, -0.15) is 0 Å². The lowest BCUT2D eigenvalue weighted by molar-refractivity contribution is 0.122. The zero-order chi connectivity index (χ0) is 16.1. The van der Waals surface area contributed by atoms with Crippen LogP contribution in [0.4, 0.5) is 10.5 Å². The molecule has 1 aliphatic carbocycles. The number of rotatable bonds is 4. The molecule has 0 aromatic heterocycles. The minimum absolute atomic E-state index is 0.0363. The first-order chi connectivity index (χ1) is 11.2. The van der Waals surface area contributed by atoms with Crippen LogP contribution in [0.1, 0.15) is 31.2 Å². The number of carbonyl (C=O) groups is 1. The lowest BCUT2D eigenvalue weighted by Crippen LogP contribution is -2.41. The van der Waals surface area contributed by atoms with E-state index in [1.807, 2.05) is 7.05 Å². The average molecular weight is 317 g/mol. The highest BCUT2D eigenvalue weighted by Gasteiger charge is 2.19. The highest BCUT2D eigenvalue weighted by Crippen LogP contribution is 2.19. The van der Waals surface area contributed by atoms with E-state index in [4.69, 9.17) is 4.74 Å². The molecule has 2 aliphatic rings. The molecule has 0 radical (unpaired) electrons. The average Bonchev–Trinajstić information content (AvgIpc) is 3.09. The molecule has 1 N–H and O–H groups in total. The van der Waals surface area contributed by atoms with Crippen LogP contribution in [0.3, 0.4) is 0 Å². The number of carbonyl (C=O) groups excluding carboxylic acids is 1. The van der Waals surface area contributed by atoms with Gasteiger partial charge in [-0.05, 0) is 30.5 Å². The predicted octanol–water partition coefficient (Wildman–Crippen LogP) is 2.61. The Labute approximate surface area is 138 Å². The Morgan fingerprint density at radius 3 is 2.52 bits per heavy atom. The Kier molecular flexibility index (Phi) is 5.39. The smallest absolute Gasteiger partial charge is 0.317 e. The van der Waals surface area contributed by atoms with Crippen molar-refractivity contribution in [2.45, 2.75) is 38.3 Å². The molecule has 5 nitrogen and oxygen atoms in total. The Morgan fingerprint density at radius 1 is 1.22 bits per heavy atom. The molecule has 0 atom stereocenters. The number of nitrogens with zero attached hydrogens (tertiary/aromatic N) is 2. The van der Waals surface area contributed by atoms with Crippen LogP contribution in [0.25, 0.3) is 0 Å². The van der Waals surface area contributed by atoms with Crippen LogP contribution >= 0.6 is 0 Å². The third kappa shape index (κ3) is 4.38. The number of benzene rings is 1. The van der Waals surface area contributed by atoms with Gasteiger partial charge in [-0.3, -0.25) is 0 Å². The highest BCUT2D eigenvalue weighted by molar-refractivity contribution is 5.74. The summed E-state index contributed by atoms with van der Waals surface area (Å²) in [6.45, 7) is 4.13. The van der Waals surface area contributed by atoms with E-state index < -0.39 is 0 Å². The van der Waals surface area contributed by atoms with Gasteiger partial charge in [0.25, 0.3) is 0 Å². The van der Waals surface area contributed by atoms with Gasteiger partial charge in [-0.15, -0.1) is 0 Å². The number of nitrogens with one attached hydrogen (secondary N) is 1. The third-order valence-electron chi connectivity index (χ3n) is 4.76. The molecule has 1 saturated carbocycles. The topological polar surface area (TPSA) is 44.8 Å². The Balaban J connectivity index is 1.51. The normalized spacial score (nSPS) is 18.9. The summed E-state index contributed by atoms with van der Waals surface area (Å²) in [6, 6.07) is 8.92. The molecule has 2 amide bonds. The third-order valence-corrected chi connectivity index (χ3v) is 4.76. The maximum Gasteiger partial charge on any atom is 0.317 e. The van der Waals surface area contributed by atoms with E-state index >= 15 is 0 Å². The molecule has 1 aromatic carbocycles. The fourth-order valence-corrected chi connectivity index (χ4v) is 3.33. The highest BCUT2D eigenvalue weighted by atomic mass is 16.5. The Morgan fingerprint density at radius 2 is 1.87 bits per heavy atom. The van der Waals surface area contributed by atoms with Crippen molar-refractivity contribution in [3.05, 3.63) is 29.8 Å². The second-order valence-electron chi connectivity index (χ2n) is 6.55. The van der Waals surface area contributed by atoms with Crippen LogP contribution in [-0.4, -0.2) is 50.3 Å². The van der Waals surface area contributed by atoms with Crippen LogP contribution < -0.4 is 10.2 Å². The summed E-state index contributed by atoms with van der Waals surface area (Å²) in [5.41, 5.74) is 2.39. The molecule has 0 bridgehead atoms. The Bertz CT molecular complexity index is 506. The minimum atomic E-state index is 0.0363. The molecule has 0 spiro atoms. The minimum Gasteiger partial charge on any atom is -0.378 e. The lowest BCUT2D eigenvalue weighted by atomic mass is 10.2. The maximum absolute atomic E-state index is 12.2. The lowest BCUT2D eigenvalue weighted by Gasteiger charge is -2.29. The van der Waals surface area contributed by atoms with Crippen molar-refractivity contribution in [3.63, 3.8) is 0 Å². The number of amides is 2. The van der Waals surface area contributed by atoms with Crippen molar-refractivity contribution in [3.8, 4) is 0 Å². The summed E-state index contributed by atoms with van der Waals surface area (Å²) < 4.78 is 5.39. The summed E-state index contributed by atoms with van der Waals surface area (Å²) in [4.78, 5) is 16.3. The number of anilines is 1. The van der Waals surface area contributed by atoms with E-state index in [9.17, 15) is 4.79 Å². The van der Waals surface area contributed by atoms with E-state index in [0.29, 0.717) is 12.6 Å². The molecule has 23 heavy (non-hydrogen) atoms. The van der Waals surface area contributed by atoms with E-state index in [-0.39, 0.29) is 6.03 Å². The van der Waals surface area contributed by atoms with Crippen LogP contribution in [0.5, 0.6) is 0 Å². The molecule has 3 rings (SSSR count). The first kappa shape index (κ1) is 16.1.